The number of carboxylic acids is 1. The van der Waals surface area contributed by atoms with Gasteiger partial charge in [0.05, 0.1) is 0 Å². The van der Waals surface area contributed by atoms with Crippen molar-refractivity contribution in [3.05, 3.63) is 34.9 Å². The monoisotopic (exact) mass is 598 g/mol. The predicted molar refractivity (Wildman–Crippen MR) is 106 cm³/mol. The first-order valence-electron chi connectivity index (χ1n) is 10.1. The molecule has 1 aromatic rings. The van der Waals surface area contributed by atoms with Gasteiger partial charge in [-0.15, -0.1) is 0 Å². The van der Waals surface area contributed by atoms with Gasteiger partial charge in [0.25, 0.3) is 0 Å². The number of amides is 2. The molecule has 0 unspecified atom stereocenters. The number of carboxylic acid groups (broad SMARTS) is 1. The van der Waals surface area contributed by atoms with Crippen LogP contribution in [0.25, 0.3) is 0 Å². The number of nitrogens with one attached hydrogen (secondary N) is 2. The molecule has 0 aromatic heterocycles. The minimum absolute atomic E-state index is 0.0742. The molecule has 2 aliphatic heterocycles. The molecule has 1 aromatic carbocycles. The number of carbonyl (C=O) groups is 3. The molecule has 2 aliphatic rings. The molecule has 8 nitrogen and oxygen atoms in total. The summed E-state index contributed by atoms with van der Waals surface area (Å²) in [5.74, 6) is -0.942. The average Bonchev–Trinajstić information content (AvgIpc) is 2.90. The van der Waals surface area contributed by atoms with Crippen LogP contribution in [0.1, 0.15) is 40.7 Å². The van der Waals surface area contributed by atoms with E-state index in [2.05, 4.69) is 10.6 Å². The molecule has 3 rings (SSSR count). The summed E-state index contributed by atoms with van der Waals surface area (Å²) < 4.78 is 11.7. The van der Waals surface area contributed by atoms with Crippen molar-refractivity contribution in [2.45, 2.75) is 41.3 Å². The molecule has 168 valence electrons. The minimum atomic E-state index is -3.24. The van der Waals surface area contributed by atoms with E-state index in [1.807, 2.05) is 6.07 Å². The van der Waals surface area contributed by atoms with Crippen molar-refractivity contribution in [2.24, 2.45) is 5.92 Å². The Morgan fingerprint density at radius 1 is 1.23 bits per heavy atom. The zero-order valence-corrected chi connectivity index (χ0v) is 19.4. The van der Waals surface area contributed by atoms with E-state index < -0.39 is 32.4 Å². The summed E-state index contributed by atoms with van der Waals surface area (Å²) >= 11 is -3.24. The van der Waals surface area contributed by atoms with Gasteiger partial charge in [0.1, 0.15) is 0 Å². The van der Waals surface area contributed by atoms with Crippen molar-refractivity contribution in [1.29, 1.82) is 0 Å². The van der Waals surface area contributed by atoms with Gasteiger partial charge in [-0.3, -0.25) is 0 Å². The van der Waals surface area contributed by atoms with Crippen LogP contribution in [0.4, 0.5) is 0 Å². The standard InChI is InChI=1S/C19H26N3O2.C2H3O2.O.Pt/c1-22(11-8-14-6-9-20-10-7-14)19(24)16-2-3-17-13-21-18(23)5-4-15(17)12-16;1-2(3)4;;/h2-3,5,12,14,20H,4,6-11,13H2,1H3,(H,21,23);1H2,(H,3,4);;. The molecular formula is C21H29N3O5Pt. The van der Waals surface area contributed by atoms with Gasteiger partial charge in [-0.1, -0.05) is 0 Å². The molecule has 0 spiro atoms. The quantitative estimate of drug-likeness (QED) is 0.439. The third kappa shape index (κ3) is 5.82. The maximum absolute atomic E-state index is 12.9. The van der Waals surface area contributed by atoms with E-state index in [0.717, 1.165) is 43.5 Å². The van der Waals surface area contributed by atoms with Crippen molar-refractivity contribution in [1.82, 2.24) is 15.5 Å². The first-order chi connectivity index (χ1) is 14.3. The van der Waals surface area contributed by atoms with E-state index in [0.29, 0.717) is 24.6 Å². The molecule has 1 saturated heterocycles. The number of rotatable bonds is 7. The number of fused-ring (bicyclic) bond motifs is 1. The van der Waals surface area contributed by atoms with Crippen molar-refractivity contribution < 1.29 is 40.2 Å². The zero-order valence-electron chi connectivity index (χ0n) is 17.1. The maximum atomic E-state index is 12.9. The number of piperidine rings is 1. The molecule has 2 heterocycles. The topological polar surface area (TPSA) is 116 Å². The Hall–Kier alpha value is -1.92. The van der Waals surface area contributed by atoms with Gasteiger partial charge in [0.15, 0.2) is 0 Å². The molecule has 0 aliphatic carbocycles. The molecule has 9 heteroatoms. The molecule has 0 saturated carbocycles. The van der Waals surface area contributed by atoms with Gasteiger partial charge < -0.3 is 5.32 Å². The molecule has 3 N–H and O–H groups in total. The van der Waals surface area contributed by atoms with Crippen LogP contribution in [0.3, 0.4) is 0 Å². The van der Waals surface area contributed by atoms with Crippen molar-refractivity contribution in [3.63, 3.8) is 0 Å². The summed E-state index contributed by atoms with van der Waals surface area (Å²) in [6.07, 6.45) is 3.47. The number of aliphatic carboxylic acids is 1. The zero-order chi connectivity index (χ0) is 21.7. The van der Waals surface area contributed by atoms with E-state index in [-0.39, 0.29) is 18.2 Å². The van der Waals surface area contributed by atoms with Crippen LogP contribution in [-0.2, 0) is 43.2 Å². The molecule has 30 heavy (non-hydrogen) atoms. The second kappa shape index (κ2) is 10.4. The number of nitrogens with zero attached hydrogens (tertiary/aromatic N) is 1. The van der Waals surface area contributed by atoms with Gasteiger partial charge >= 0.3 is 177 Å². The Kier molecular flexibility index (Phi) is 7.89. The summed E-state index contributed by atoms with van der Waals surface area (Å²) in [4.78, 5) is 37.5. The van der Waals surface area contributed by atoms with Gasteiger partial charge in [-0.05, 0) is 0 Å². The Labute approximate surface area is 182 Å². The average molecular weight is 599 g/mol. The molecule has 0 radical (unpaired) electrons. The van der Waals surface area contributed by atoms with E-state index in [1.165, 1.54) is 0 Å². The fraction of sp³-hybridized carbons (Fsp3) is 0.571. The Morgan fingerprint density at radius 3 is 2.67 bits per heavy atom. The Bertz CT molecular complexity index is 838. The summed E-state index contributed by atoms with van der Waals surface area (Å²) in [6, 6.07) is 5.36. The fourth-order valence-corrected chi connectivity index (χ4v) is 7.04. The van der Waals surface area contributed by atoms with Crippen molar-refractivity contribution >= 4 is 17.8 Å². The van der Waals surface area contributed by atoms with E-state index in [9.17, 15) is 17.8 Å². The Balaban J connectivity index is 1.69. The van der Waals surface area contributed by atoms with E-state index >= 15 is 0 Å². The van der Waals surface area contributed by atoms with Crippen LogP contribution in [-0.4, -0.2) is 54.5 Å². The molecule has 1 atom stereocenters. The van der Waals surface area contributed by atoms with Crippen LogP contribution < -0.4 is 10.6 Å². The normalized spacial score (nSPS) is 20.0. The van der Waals surface area contributed by atoms with E-state index in [1.54, 1.807) is 24.1 Å². The first kappa shape index (κ1) is 22.8. The Morgan fingerprint density at radius 2 is 1.97 bits per heavy atom. The van der Waals surface area contributed by atoms with Gasteiger partial charge in [-0.2, -0.15) is 0 Å². The van der Waals surface area contributed by atoms with Gasteiger partial charge in [-0.25, -0.2) is 0 Å². The van der Waals surface area contributed by atoms with E-state index in [4.69, 9.17) is 5.11 Å². The molecule has 2 amide bonds. The summed E-state index contributed by atoms with van der Waals surface area (Å²) in [5, 5.41) is 15.0. The number of carbonyl (C=O) groups excluding carboxylic acids is 2. The molecular weight excluding hydrogens is 569 g/mol. The SMILES string of the molecule is CN(CCC1CCNCC1)C(=O)c1ccc2c(c1)C[C@@H]([Pt](=[O])[CH2]C(=O)O)C(=O)NC2. The summed E-state index contributed by atoms with van der Waals surface area (Å²) in [5.41, 5.74) is 2.21. The summed E-state index contributed by atoms with van der Waals surface area (Å²) in [6.45, 7) is 3.06. The van der Waals surface area contributed by atoms with Gasteiger partial charge in [0.2, 0.25) is 0 Å². The second-order valence-corrected chi connectivity index (χ2v) is 12.3. The van der Waals surface area contributed by atoms with Gasteiger partial charge in [0, 0.05) is 0 Å². The number of benzene rings is 1. The van der Waals surface area contributed by atoms with Crippen molar-refractivity contribution in [3.8, 4) is 0 Å². The number of hydrogen-bond acceptors (Lipinski definition) is 5. The third-order valence-electron chi connectivity index (χ3n) is 5.69. The van der Waals surface area contributed by atoms with Crippen LogP contribution >= 0.6 is 0 Å². The number of hydrogen-bond donors (Lipinski definition) is 3. The predicted octanol–water partition coefficient (Wildman–Crippen LogP) is 1.58. The second-order valence-electron chi connectivity index (χ2n) is 7.84. The van der Waals surface area contributed by atoms with Crippen molar-refractivity contribution in [2.75, 3.05) is 26.7 Å². The fourth-order valence-electron chi connectivity index (χ4n) is 3.89. The molecule has 0 bridgehead atoms. The summed E-state index contributed by atoms with van der Waals surface area (Å²) in [7, 11) is 1.80. The first-order valence-corrected chi connectivity index (χ1v) is 14.0. The van der Waals surface area contributed by atoms with Crippen LogP contribution in [0, 0.1) is 5.92 Å². The van der Waals surface area contributed by atoms with Crippen LogP contribution in [0.5, 0.6) is 0 Å². The van der Waals surface area contributed by atoms with Crippen LogP contribution in [0.15, 0.2) is 18.2 Å². The van der Waals surface area contributed by atoms with Crippen LogP contribution in [0.2, 0.25) is 9.12 Å². The third-order valence-corrected chi connectivity index (χ3v) is 10.00. The molecule has 1 fully saturated rings.